The van der Waals surface area contributed by atoms with Gasteiger partial charge in [-0.15, -0.1) is 0 Å². The van der Waals surface area contributed by atoms with Crippen molar-refractivity contribution in [1.82, 2.24) is 10.2 Å². The van der Waals surface area contributed by atoms with Crippen LogP contribution in [0, 0.1) is 0 Å². The van der Waals surface area contributed by atoms with Crippen LogP contribution >= 0.6 is 0 Å². The molecule has 2 aliphatic carbocycles. The molecule has 1 heterocycles. The number of carbonyl (C=O) groups is 1. The summed E-state index contributed by atoms with van der Waals surface area (Å²) in [5.41, 5.74) is 2.27. The van der Waals surface area contributed by atoms with Crippen LogP contribution in [0.3, 0.4) is 0 Å². The van der Waals surface area contributed by atoms with Crippen molar-refractivity contribution in [2.24, 2.45) is 0 Å². The summed E-state index contributed by atoms with van der Waals surface area (Å²) in [6.07, 6.45) is 8.53. The van der Waals surface area contributed by atoms with Gasteiger partial charge in [-0.05, 0) is 56.2 Å². The van der Waals surface area contributed by atoms with E-state index in [-0.39, 0.29) is 0 Å². The topological polar surface area (TPSA) is 32.3 Å². The maximum absolute atomic E-state index is 13.4. The highest BCUT2D eigenvalue weighted by atomic mass is 16.2. The summed E-state index contributed by atoms with van der Waals surface area (Å²) in [5.74, 6) is 0.926. The first kappa shape index (κ1) is 14.3. The summed E-state index contributed by atoms with van der Waals surface area (Å²) in [6, 6.07) is 9.19. The molecular weight excluding hydrogens is 272 g/mol. The fraction of sp³-hybridized carbons (Fsp3) is 0.632. The molecule has 3 heteroatoms. The molecular formula is C19H26N2O. The normalized spacial score (nSPS) is 25.5. The number of nitrogens with one attached hydrogen (secondary N) is 1. The Hall–Kier alpha value is -1.35. The standard InChI is InChI=1S/C19H26N2O/c22-19(18-8-4-3-7-17(18)14-9-10-14)21(15-5-1-2-6-15)16-11-12-20-13-16/h3-4,7-8,14-16,20H,1-2,5-6,9-13H2/t16-/m0/s1. The molecule has 0 bridgehead atoms. The van der Waals surface area contributed by atoms with Crippen molar-refractivity contribution in [3.8, 4) is 0 Å². The molecule has 118 valence electrons. The van der Waals surface area contributed by atoms with E-state index >= 15 is 0 Å². The Morgan fingerprint density at radius 3 is 2.45 bits per heavy atom. The number of rotatable bonds is 4. The summed E-state index contributed by atoms with van der Waals surface area (Å²) in [5, 5.41) is 3.44. The molecule has 2 saturated carbocycles. The van der Waals surface area contributed by atoms with Crippen molar-refractivity contribution in [3.05, 3.63) is 35.4 Å². The highest BCUT2D eigenvalue weighted by molar-refractivity contribution is 5.96. The van der Waals surface area contributed by atoms with Crippen LogP contribution in [-0.4, -0.2) is 36.0 Å². The summed E-state index contributed by atoms with van der Waals surface area (Å²) < 4.78 is 0. The van der Waals surface area contributed by atoms with E-state index in [1.807, 2.05) is 6.07 Å². The molecule has 1 atom stereocenters. The quantitative estimate of drug-likeness (QED) is 0.925. The van der Waals surface area contributed by atoms with E-state index in [0.29, 0.717) is 23.9 Å². The molecule has 22 heavy (non-hydrogen) atoms. The third-order valence-electron chi connectivity index (χ3n) is 5.59. The molecule has 3 fully saturated rings. The lowest BCUT2D eigenvalue weighted by Gasteiger charge is -2.35. The lowest BCUT2D eigenvalue weighted by molar-refractivity contribution is 0.0594. The second-order valence-corrected chi connectivity index (χ2v) is 7.16. The van der Waals surface area contributed by atoms with E-state index in [2.05, 4.69) is 28.4 Å². The minimum Gasteiger partial charge on any atom is -0.331 e. The Morgan fingerprint density at radius 2 is 1.77 bits per heavy atom. The summed E-state index contributed by atoms with van der Waals surface area (Å²) >= 11 is 0. The number of benzene rings is 1. The third-order valence-corrected chi connectivity index (χ3v) is 5.59. The van der Waals surface area contributed by atoms with Crippen molar-refractivity contribution in [1.29, 1.82) is 0 Å². The Balaban J connectivity index is 1.64. The molecule has 3 aliphatic rings. The van der Waals surface area contributed by atoms with Crippen molar-refractivity contribution in [2.75, 3.05) is 13.1 Å². The molecule has 1 aromatic rings. The van der Waals surface area contributed by atoms with Crippen LogP contribution in [0.5, 0.6) is 0 Å². The van der Waals surface area contributed by atoms with Gasteiger partial charge < -0.3 is 10.2 Å². The molecule has 0 radical (unpaired) electrons. The molecule has 1 aromatic carbocycles. The molecule has 3 nitrogen and oxygen atoms in total. The highest BCUT2D eigenvalue weighted by Gasteiger charge is 2.36. The monoisotopic (exact) mass is 298 g/mol. The van der Waals surface area contributed by atoms with E-state index in [4.69, 9.17) is 0 Å². The number of hydrogen-bond acceptors (Lipinski definition) is 2. The average Bonchev–Trinajstić information content (AvgIpc) is 3.01. The van der Waals surface area contributed by atoms with E-state index in [1.54, 1.807) is 0 Å². The predicted octanol–water partition coefficient (Wildman–Crippen LogP) is 3.31. The zero-order chi connectivity index (χ0) is 14.9. The minimum atomic E-state index is 0.295. The van der Waals surface area contributed by atoms with E-state index in [9.17, 15) is 4.79 Å². The fourth-order valence-corrected chi connectivity index (χ4v) is 4.27. The van der Waals surface area contributed by atoms with E-state index < -0.39 is 0 Å². The SMILES string of the molecule is O=C(c1ccccc1C1CC1)N(C1CCCC1)[C@H]1CCNC1. The van der Waals surface area contributed by atoms with Gasteiger partial charge in [0, 0.05) is 24.2 Å². The Kier molecular flexibility index (Phi) is 3.91. The highest BCUT2D eigenvalue weighted by Crippen LogP contribution is 2.42. The van der Waals surface area contributed by atoms with Crippen LogP contribution in [0.15, 0.2) is 24.3 Å². The van der Waals surface area contributed by atoms with Crippen LogP contribution in [0.1, 0.15) is 66.8 Å². The molecule has 1 saturated heterocycles. The van der Waals surface area contributed by atoms with Gasteiger partial charge in [-0.1, -0.05) is 31.0 Å². The Bertz CT molecular complexity index is 524. The summed E-state index contributed by atoms with van der Waals surface area (Å²) in [6.45, 7) is 2.01. The average molecular weight is 298 g/mol. The predicted molar refractivity (Wildman–Crippen MR) is 88.1 cm³/mol. The third kappa shape index (κ3) is 2.67. The van der Waals surface area contributed by atoms with Gasteiger partial charge in [-0.2, -0.15) is 0 Å². The van der Waals surface area contributed by atoms with Gasteiger partial charge in [0.05, 0.1) is 0 Å². The van der Waals surface area contributed by atoms with Gasteiger partial charge in [0.1, 0.15) is 0 Å². The van der Waals surface area contributed by atoms with Gasteiger partial charge in [-0.25, -0.2) is 0 Å². The van der Waals surface area contributed by atoms with Crippen LogP contribution in [0.2, 0.25) is 0 Å². The van der Waals surface area contributed by atoms with Gasteiger partial charge in [0.2, 0.25) is 0 Å². The van der Waals surface area contributed by atoms with Gasteiger partial charge >= 0.3 is 0 Å². The molecule has 0 aromatic heterocycles. The number of hydrogen-bond donors (Lipinski definition) is 1. The molecule has 0 spiro atoms. The smallest absolute Gasteiger partial charge is 0.254 e. The zero-order valence-electron chi connectivity index (χ0n) is 13.3. The lowest BCUT2D eigenvalue weighted by Crippen LogP contribution is -2.47. The molecule has 1 N–H and O–H groups in total. The van der Waals surface area contributed by atoms with Crippen LogP contribution in [-0.2, 0) is 0 Å². The largest absolute Gasteiger partial charge is 0.331 e. The first-order valence-electron chi connectivity index (χ1n) is 8.97. The summed E-state index contributed by atoms with van der Waals surface area (Å²) in [4.78, 5) is 15.6. The van der Waals surface area contributed by atoms with Crippen molar-refractivity contribution in [3.63, 3.8) is 0 Å². The van der Waals surface area contributed by atoms with Crippen molar-refractivity contribution < 1.29 is 4.79 Å². The zero-order valence-corrected chi connectivity index (χ0v) is 13.3. The molecule has 0 unspecified atom stereocenters. The van der Waals surface area contributed by atoms with Gasteiger partial charge in [-0.3, -0.25) is 4.79 Å². The van der Waals surface area contributed by atoms with Crippen LogP contribution < -0.4 is 5.32 Å². The maximum atomic E-state index is 13.4. The molecule has 1 amide bonds. The van der Waals surface area contributed by atoms with Crippen LogP contribution in [0.4, 0.5) is 0 Å². The molecule has 1 aliphatic heterocycles. The first-order valence-corrected chi connectivity index (χ1v) is 8.97. The van der Waals surface area contributed by atoms with Crippen molar-refractivity contribution >= 4 is 5.91 Å². The second kappa shape index (κ2) is 6.04. The fourth-order valence-electron chi connectivity index (χ4n) is 4.27. The first-order chi connectivity index (χ1) is 10.8. The Morgan fingerprint density at radius 1 is 1.00 bits per heavy atom. The Labute approximate surface area is 133 Å². The number of carbonyl (C=O) groups excluding carboxylic acids is 1. The number of amides is 1. The maximum Gasteiger partial charge on any atom is 0.254 e. The molecule has 4 rings (SSSR count). The number of nitrogens with zero attached hydrogens (tertiary/aromatic N) is 1. The second-order valence-electron chi connectivity index (χ2n) is 7.16. The van der Waals surface area contributed by atoms with E-state index in [1.165, 1.54) is 44.1 Å². The van der Waals surface area contributed by atoms with E-state index in [0.717, 1.165) is 25.1 Å². The minimum absolute atomic E-state index is 0.295. The van der Waals surface area contributed by atoms with Gasteiger partial charge in [0.15, 0.2) is 0 Å². The van der Waals surface area contributed by atoms with Gasteiger partial charge in [0.25, 0.3) is 5.91 Å². The van der Waals surface area contributed by atoms with Crippen LogP contribution in [0.25, 0.3) is 0 Å². The van der Waals surface area contributed by atoms with Crippen molar-refractivity contribution in [2.45, 2.75) is 62.9 Å². The lowest BCUT2D eigenvalue weighted by atomic mass is 9.99. The summed E-state index contributed by atoms with van der Waals surface area (Å²) in [7, 11) is 0.